The normalized spacial score (nSPS) is 12.4. The van der Waals surface area contributed by atoms with Crippen LogP contribution in [-0.4, -0.2) is 28.1 Å². The number of rotatable bonds is 6. The lowest BCUT2D eigenvalue weighted by molar-refractivity contribution is 0.163. The van der Waals surface area contributed by atoms with Crippen molar-refractivity contribution in [1.82, 2.24) is 9.78 Å². The molecular formula is C16H21ClN2O2. The number of methoxy groups -OCH3 is 1. The van der Waals surface area contributed by atoms with Crippen molar-refractivity contribution in [3.05, 3.63) is 46.2 Å². The largest absolute Gasteiger partial charge is 0.497 e. The van der Waals surface area contributed by atoms with Gasteiger partial charge in [0.25, 0.3) is 0 Å². The molecule has 0 bridgehead atoms. The first-order chi connectivity index (χ1) is 10.0. The molecule has 0 saturated carbocycles. The number of aromatic nitrogens is 2. The second-order valence-corrected chi connectivity index (χ2v) is 5.59. The van der Waals surface area contributed by atoms with E-state index in [0.29, 0.717) is 17.9 Å². The Bertz CT molecular complexity index is 593. The summed E-state index contributed by atoms with van der Waals surface area (Å²) in [6.45, 7) is 1.87. The third-order valence-corrected chi connectivity index (χ3v) is 4.11. The minimum Gasteiger partial charge on any atom is -0.497 e. The number of hydrogen-bond acceptors (Lipinski definition) is 3. The van der Waals surface area contributed by atoms with E-state index in [1.54, 1.807) is 11.8 Å². The van der Waals surface area contributed by atoms with Crippen LogP contribution in [0.5, 0.6) is 5.75 Å². The molecule has 0 saturated heterocycles. The predicted octanol–water partition coefficient (Wildman–Crippen LogP) is 2.93. The molecule has 114 valence electrons. The summed E-state index contributed by atoms with van der Waals surface area (Å²) in [5.41, 5.74) is 2.87. The Morgan fingerprint density at radius 1 is 1.33 bits per heavy atom. The van der Waals surface area contributed by atoms with Crippen molar-refractivity contribution >= 4 is 11.6 Å². The molecule has 0 aliphatic carbocycles. The van der Waals surface area contributed by atoms with Gasteiger partial charge in [-0.25, -0.2) is 0 Å². The van der Waals surface area contributed by atoms with Crippen LogP contribution in [0.15, 0.2) is 24.3 Å². The smallest absolute Gasteiger partial charge is 0.118 e. The molecule has 0 aliphatic rings. The molecule has 1 N–H and O–H groups in total. The summed E-state index contributed by atoms with van der Waals surface area (Å²) in [5.74, 6) is 0.844. The van der Waals surface area contributed by atoms with Gasteiger partial charge in [0.1, 0.15) is 5.75 Å². The Balaban J connectivity index is 1.90. The molecule has 0 spiro atoms. The van der Waals surface area contributed by atoms with Crippen molar-refractivity contribution < 1.29 is 9.84 Å². The van der Waals surface area contributed by atoms with Crippen LogP contribution in [0.3, 0.4) is 0 Å². The number of aliphatic hydroxyl groups is 1. The molecule has 0 radical (unpaired) electrons. The third kappa shape index (κ3) is 3.99. The number of halogens is 1. The van der Waals surface area contributed by atoms with E-state index >= 15 is 0 Å². The van der Waals surface area contributed by atoms with E-state index in [4.69, 9.17) is 16.3 Å². The van der Waals surface area contributed by atoms with E-state index in [1.165, 1.54) is 5.56 Å². The van der Waals surface area contributed by atoms with Crippen LogP contribution >= 0.6 is 11.6 Å². The highest BCUT2D eigenvalue weighted by Gasteiger charge is 2.15. The molecule has 1 heterocycles. The molecule has 4 nitrogen and oxygen atoms in total. The van der Waals surface area contributed by atoms with Crippen molar-refractivity contribution in [2.75, 3.05) is 7.11 Å². The van der Waals surface area contributed by atoms with Gasteiger partial charge in [0.15, 0.2) is 0 Å². The molecule has 5 heteroatoms. The van der Waals surface area contributed by atoms with Gasteiger partial charge in [-0.15, -0.1) is 0 Å². The second kappa shape index (κ2) is 6.96. The highest BCUT2D eigenvalue weighted by atomic mass is 35.5. The number of hydrogen-bond donors (Lipinski definition) is 1. The van der Waals surface area contributed by atoms with Gasteiger partial charge in [-0.1, -0.05) is 23.7 Å². The number of nitrogens with zero attached hydrogens (tertiary/aromatic N) is 2. The lowest BCUT2D eigenvalue weighted by Gasteiger charge is -2.11. The van der Waals surface area contributed by atoms with E-state index in [0.717, 1.165) is 23.6 Å². The second-order valence-electron chi connectivity index (χ2n) is 5.21. The molecule has 1 atom stereocenters. The Morgan fingerprint density at radius 3 is 2.52 bits per heavy atom. The fraction of sp³-hybridized carbons (Fsp3) is 0.438. The fourth-order valence-corrected chi connectivity index (χ4v) is 2.59. The Hall–Kier alpha value is -1.52. The molecule has 1 aromatic heterocycles. The van der Waals surface area contributed by atoms with Crippen LogP contribution in [0, 0.1) is 6.92 Å². The molecule has 21 heavy (non-hydrogen) atoms. The van der Waals surface area contributed by atoms with Crippen LogP contribution < -0.4 is 4.74 Å². The maximum Gasteiger partial charge on any atom is 0.118 e. The molecular weight excluding hydrogens is 288 g/mol. The molecule has 2 rings (SSSR count). The van der Waals surface area contributed by atoms with Crippen LogP contribution in [0.25, 0.3) is 0 Å². The minimum absolute atomic E-state index is 0.431. The van der Waals surface area contributed by atoms with E-state index in [1.807, 2.05) is 38.2 Å². The first-order valence-corrected chi connectivity index (χ1v) is 7.38. The van der Waals surface area contributed by atoms with Gasteiger partial charge in [0, 0.05) is 13.5 Å². The van der Waals surface area contributed by atoms with Crippen LogP contribution in [-0.2, 0) is 19.9 Å². The zero-order valence-electron chi connectivity index (χ0n) is 12.6. The Labute approximate surface area is 130 Å². The van der Waals surface area contributed by atoms with E-state index in [9.17, 15) is 5.11 Å². The van der Waals surface area contributed by atoms with Crippen molar-refractivity contribution in [3.8, 4) is 5.75 Å². The van der Waals surface area contributed by atoms with Crippen molar-refractivity contribution in [1.29, 1.82) is 0 Å². The third-order valence-electron chi connectivity index (χ3n) is 3.62. The average molecular weight is 309 g/mol. The van der Waals surface area contributed by atoms with Gasteiger partial charge < -0.3 is 9.84 Å². The zero-order valence-corrected chi connectivity index (χ0v) is 13.4. The zero-order chi connectivity index (χ0) is 15.4. The predicted molar refractivity (Wildman–Crippen MR) is 84.0 cm³/mol. The van der Waals surface area contributed by atoms with Gasteiger partial charge in [-0.05, 0) is 37.5 Å². The standard InChI is InChI=1S/C16H21ClN2O2/c1-11-16(17)15(19(2)18-11)10-13(20)7-4-12-5-8-14(21-3)9-6-12/h5-6,8-9,13,20H,4,7,10H2,1-3H3. The number of ether oxygens (including phenoxy) is 1. The maximum atomic E-state index is 10.2. The summed E-state index contributed by atoms with van der Waals surface area (Å²) < 4.78 is 6.87. The Morgan fingerprint density at radius 2 is 2.00 bits per heavy atom. The highest BCUT2D eigenvalue weighted by Crippen LogP contribution is 2.22. The topological polar surface area (TPSA) is 47.3 Å². The molecule has 0 amide bonds. The summed E-state index contributed by atoms with van der Waals surface area (Å²) in [6.07, 6.45) is 1.60. The molecule has 0 fully saturated rings. The van der Waals surface area contributed by atoms with Gasteiger partial charge in [0.2, 0.25) is 0 Å². The van der Waals surface area contributed by atoms with Gasteiger partial charge >= 0.3 is 0 Å². The molecule has 2 aromatic rings. The monoisotopic (exact) mass is 308 g/mol. The molecule has 1 unspecified atom stereocenters. The molecule has 0 aliphatic heterocycles. The summed E-state index contributed by atoms with van der Waals surface area (Å²) >= 11 is 6.20. The average Bonchev–Trinajstić information content (AvgIpc) is 2.72. The summed E-state index contributed by atoms with van der Waals surface area (Å²) in [6, 6.07) is 7.91. The number of aryl methyl sites for hydroxylation is 3. The molecule has 1 aromatic carbocycles. The number of benzene rings is 1. The van der Waals surface area contributed by atoms with Gasteiger partial charge in [-0.2, -0.15) is 5.10 Å². The van der Waals surface area contributed by atoms with Crippen molar-refractivity contribution in [3.63, 3.8) is 0 Å². The van der Waals surface area contributed by atoms with Crippen LogP contribution in [0.2, 0.25) is 5.02 Å². The van der Waals surface area contributed by atoms with E-state index in [2.05, 4.69) is 5.10 Å². The number of aliphatic hydroxyl groups excluding tert-OH is 1. The van der Waals surface area contributed by atoms with Crippen molar-refractivity contribution in [2.45, 2.75) is 32.3 Å². The fourth-order valence-electron chi connectivity index (χ4n) is 2.35. The van der Waals surface area contributed by atoms with Gasteiger partial charge in [0.05, 0.1) is 29.6 Å². The highest BCUT2D eigenvalue weighted by molar-refractivity contribution is 6.31. The minimum atomic E-state index is -0.431. The summed E-state index contributed by atoms with van der Waals surface area (Å²) in [4.78, 5) is 0. The maximum absolute atomic E-state index is 10.2. The van der Waals surface area contributed by atoms with Crippen LogP contribution in [0.1, 0.15) is 23.4 Å². The Kier molecular flexibility index (Phi) is 5.26. The first-order valence-electron chi connectivity index (χ1n) is 7.00. The van der Waals surface area contributed by atoms with Crippen LogP contribution in [0.4, 0.5) is 0 Å². The SMILES string of the molecule is COc1ccc(CCC(O)Cc2c(Cl)c(C)nn2C)cc1. The van der Waals surface area contributed by atoms with E-state index < -0.39 is 6.10 Å². The van der Waals surface area contributed by atoms with Gasteiger partial charge in [-0.3, -0.25) is 4.68 Å². The van der Waals surface area contributed by atoms with Crippen molar-refractivity contribution in [2.24, 2.45) is 7.05 Å². The summed E-state index contributed by atoms with van der Waals surface area (Å²) in [5, 5.41) is 15.1. The lowest BCUT2D eigenvalue weighted by atomic mass is 10.0. The first kappa shape index (κ1) is 15.9. The summed E-state index contributed by atoms with van der Waals surface area (Å²) in [7, 11) is 3.50. The quantitative estimate of drug-likeness (QED) is 0.892. The van der Waals surface area contributed by atoms with E-state index in [-0.39, 0.29) is 0 Å². The lowest BCUT2D eigenvalue weighted by Crippen LogP contribution is -2.14.